The molecule has 106 valence electrons. The van der Waals surface area contributed by atoms with Crippen LogP contribution in [0.5, 0.6) is 0 Å². The van der Waals surface area contributed by atoms with Crippen LogP contribution in [0.3, 0.4) is 0 Å². The van der Waals surface area contributed by atoms with Crippen LogP contribution in [0, 0.1) is 6.92 Å². The number of rotatable bonds is 2. The number of nitrogens with zero attached hydrogens (tertiary/aromatic N) is 3. The second kappa shape index (κ2) is 5.30. The Morgan fingerprint density at radius 1 is 1.21 bits per heavy atom. The van der Waals surface area contributed by atoms with Crippen molar-refractivity contribution < 1.29 is 4.74 Å². The zero-order valence-electron chi connectivity index (χ0n) is 12.2. The number of nitrogens with one attached hydrogen (secondary N) is 1. The van der Waals surface area contributed by atoms with E-state index in [2.05, 4.69) is 36.1 Å². The Morgan fingerprint density at radius 3 is 2.37 bits per heavy atom. The third kappa shape index (κ3) is 2.96. The third-order valence-electron chi connectivity index (χ3n) is 3.24. The lowest BCUT2D eigenvalue weighted by Gasteiger charge is -2.31. The van der Waals surface area contributed by atoms with Gasteiger partial charge in [0.15, 0.2) is 0 Å². The summed E-state index contributed by atoms with van der Waals surface area (Å²) in [5, 5.41) is 0. The molecular formula is C13H23N5O. The summed E-state index contributed by atoms with van der Waals surface area (Å²) < 4.78 is 5.39. The van der Waals surface area contributed by atoms with E-state index in [9.17, 15) is 0 Å². The van der Waals surface area contributed by atoms with E-state index in [4.69, 9.17) is 15.6 Å². The summed E-state index contributed by atoms with van der Waals surface area (Å²) in [6, 6.07) is 0. The van der Waals surface area contributed by atoms with Gasteiger partial charge >= 0.3 is 0 Å². The Bertz CT molecular complexity index is 449. The van der Waals surface area contributed by atoms with Crippen LogP contribution in [-0.4, -0.2) is 36.3 Å². The van der Waals surface area contributed by atoms with Gasteiger partial charge in [-0.2, -0.15) is 0 Å². The monoisotopic (exact) mass is 265 g/mol. The minimum atomic E-state index is -0.111. The summed E-state index contributed by atoms with van der Waals surface area (Å²) in [6.45, 7) is 11.5. The van der Waals surface area contributed by atoms with Crippen molar-refractivity contribution in [2.75, 3.05) is 36.6 Å². The van der Waals surface area contributed by atoms with Gasteiger partial charge in [0.05, 0.1) is 13.2 Å². The minimum absolute atomic E-state index is 0.111. The Morgan fingerprint density at radius 2 is 1.84 bits per heavy atom. The van der Waals surface area contributed by atoms with Gasteiger partial charge < -0.3 is 15.1 Å². The number of ether oxygens (including phenoxy) is 1. The van der Waals surface area contributed by atoms with Crippen molar-refractivity contribution >= 4 is 11.6 Å². The van der Waals surface area contributed by atoms with Gasteiger partial charge in [-0.15, -0.1) is 0 Å². The van der Waals surface area contributed by atoms with Crippen LogP contribution in [-0.2, 0) is 10.2 Å². The first-order valence-electron chi connectivity index (χ1n) is 6.62. The first-order valence-corrected chi connectivity index (χ1v) is 6.62. The summed E-state index contributed by atoms with van der Waals surface area (Å²) >= 11 is 0. The number of anilines is 2. The van der Waals surface area contributed by atoms with E-state index >= 15 is 0 Å². The van der Waals surface area contributed by atoms with Gasteiger partial charge in [-0.05, 0) is 6.92 Å². The Balaban J connectivity index is 2.45. The average Bonchev–Trinajstić information content (AvgIpc) is 2.38. The molecule has 2 rings (SSSR count). The molecule has 1 aromatic heterocycles. The molecule has 6 heteroatoms. The predicted octanol–water partition coefficient (Wildman–Crippen LogP) is 1.20. The molecule has 0 aromatic carbocycles. The lowest BCUT2D eigenvalue weighted by molar-refractivity contribution is 0.122. The van der Waals surface area contributed by atoms with Gasteiger partial charge in [-0.1, -0.05) is 20.8 Å². The quantitative estimate of drug-likeness (QED) is 0.618. The van der Waals surface area contributed by atoms with E-state index < -0.39 is 0 Å². The Hall–Kier alpha value is -1.40. The van der Waals surface area contributed by atoms with Crippen LogP contribution in [0.2, 0.25) is 0 Å². The van der Waals surface area contributed by atoms with Crippen molar-refractivity contribution in [1.82, 2.24) is 9.97 Å². The number of hydrogen-bond acceptors (Lipinski definition) is 6. The highest BCUT2D eigenvalue weighted by molar-refractivity contribution is 5.58. The minimum Gasteiger partial charge on any atom is -0.378 e. The summed E-state index contributed by atoms with van der Waals surface area (Å²) in [7, 11) is 0. The van der Waals surface area contributed by atoms with Gasteiger partial charge in [0.2, 0.25) is 0 Å². The highest BCUT2D eigenvalue weighted by Gasteiger charge is 2.24. The molecule has 1 saturated heterocycles. The molecule has 0 amide bonds. The molecular weight excluding hydrogens is 242 g/mol. The third-order valence-corrected chi connectivity index (χ3v) is 3.24. The normalized spacial score (nSPS) is 16.6. The van der Waals surface area contributed by atoms with E-state index in [1.807, 2.05) is 6.92 Å². The molecule has 6 nitrogen and oxygen atoms in total. The highest BCUT2D eigenvalue weighted by atomic mass is 16.5. The topological polar surface area (TPSA) is 76.3 Å². The summed E-state index contributed by atoms with van der Waals surface area (Å²) in [6.07, 6.45) is 0. The molecule has 0 saturated carbocycles. The van der Waals surface area contributed by atoms with Crippen LogP contribution in [0.1, 0.15) is 32.2 Å². The molecule has 3 N–H and O–H groups in total. The van der Waals surface area contributed by atoms with Crippen molar-refractivity contribution in [3.8, 4) is 0 Å². The average molecular weight is 265 g/mol. The SMILES string of the molecule is Cc1c(NN)nc(C(C)(C)C)nc1N1CCOCC1. The molecule has 1 aliphatic rings. The largest absolute Gasteiger partial charge is 0.378 e. The van der Waals surface area contributed by atoms with Crippen molar-refractivity contribution in [3.05, 3.63) is 11.4 Å². The van der Waals surface area contributed by atoms with Crippen LogP contribution < -0.4 is 16.2 Å². The Labute approximate surface area is 114 Å². The Kier molecular flexibility index (Phi) is 3.91. The van der Waals surface area contributed by atoms with Crippen molar-refractivity contribution in [2.24, 2.45) is 5.84 Å². The molecule has 0 aliphatic carbocycles. The van der Waals surface area contributed by atoms with E-state index in [0.29, 0.717) is 5.82 Å². The fourth-order valence-electron chi connectivity index (χ4n) is 2.06. The zero-order chi connectivity index (χ0) is 14.0. The number of nitrogen functional groups attached to an aromatic ring is 1. The van der Waals surface area contributed by atoms with Gasteiger partial charge in [0, 0.05) is 24.1 Å². The number of aromatic nitrogens is 2. The maximum absolute atomic E-state index is 5.58. The first-order chi connectivity index (χ1) is 8.93. The molecule has 0 spiro atoms. The van der Waals surface area contributed by atoms with Crippen LogP contribution in [0.25, 0.3) is 0 Å². The summed E-state index contributed by atoms with van der Waals surface area (Å²) in [4.78, 5) is 11.5. The molecule has 19 heavy (non-hydrogen) atoms. The number of hydrazine groups is 1. The molecule has 1 fully saturated rings. The lowest BCUT2D eigenvalue weighted by Crippen LogP contribution is -2.38. The summed E-state index contributed by atoms with van der Waals surface area (Å²) in [5.74, 6) is 8.03. The van der Waals surface area contributed by atoms with Crippen LogP contribution in [0.15, 0.2) is 0 Å². The van der Waals surface area contributed by atoms with Crippen molar-refractivity contribution in [1.29, 1.82) is 0 Å². The van der Waals surface area contributed by atoms with E-state index in [1.54, 1.807) is 0 Å². The van der Waals surface area contributed by atoms with Gasteiger partial charge in [-0.3, -0.25) is 0 Å². The van der Waals surface area contributed by atoms with E-state index in [-0.39, 0.29) is 5.41 Å². The molecule has 1 aliphatic heterocycles. The maximum atomic E-state index is 5.58. The van der Waals surface area contributed by atoms with Crippen molar-refractivity contribution in [3.63, 3.8) is 0 Å². The zero-order valence-corrected chi connectivity index (χ0v) is 12.2. The number of nitrogens with two attached hydrogens (primary N) is 1. The summed E-state index contributed by atoms with van der Waals surface area (Å²) in [5.41, 5.74) is 3.55. The predicted molar refractivity (Wildman–Crippen MR) is 76.3 cm³/mol. The molecule has 2 heterocycles. The van der Waals surface area contributed by atoms with Gasteiger partial charge in [0.25, 0.3) is 0 Å². The molecule has 0 radical (unpaired) electrons. The van der Waals surface area contributed by atoms with E-state index in [0.717, 1.165) is 43.5 Å². The smallest absolute Gasteiger partial charge is 0.148 e. The standard InChI is InChI=1S/C13H23N5O/c1-9-10(17-14)15-12(13(2,3)4)16-11(9)18-5-7-19-8-6-18/h5-8,14H2,1-4H3,(H,15,16,17). The molecule has 0 unspecified atom stereocenters. The molecule has 1 aromatic rings. The molecule has 0 bridgehead atoms. The van der Waals surface area contributed by atoms with Crippen molar-refractivity contribution in [2.45, 2.75) is 33.1 Å². The number of morpholine rings is 1. The lowest BCUT2D eigenvalue weighted by atomic mass is 9.95. The maximum Gasteiger partial charge on any atom is 0.148 e. The highest BCUT2D eigenvalue weighted by Crippen LogP contribution is 2.28. The van der Waals surface area contributed by atoms with Gasteiger partial charge in [0.1, 0.15) is 17.5 Å². The first kappa shape index (κ1) is 14.0. The molecule has 0 atom stereocenters. The fraction of sp³-hybridized carbons (Fsp3) is 0.692. The van der Waals surface area contributed by atoms with E-state index in [1.165, 1.54) is 0 Å². The van der Waals surface area contributed by atoms with Gasteiger partial charge in [-0.25, -0.2) is 15.8 Å². The fourth-order valence-corrected chi connectivity index (χ4v) is 2.06. The second-order valence-corrected chi connectivity index (χ2v) is 5.84. The second-order valence-electron chi connectivity index (χ2n) is 5.84. The van der Waals surface area contributed by atoms with Crippen LogP contribution >= 0.6 is 0 Å². The number of hydrogen-bond donors (Lipinski definition) is 2. The van der Waals surface area contributed by atoms with Crippen LogP contribution in [0.4, 0.5) is 11.6 Å².